The zero-order valence-electron chi connectivity index (χ0n) is 12.6. The van der Waals surface area contributed by atoms with E-state index in [1.54, 1.807) is 7.05 Å². The predicted octanol–water partition coefficient (Wildman–Crippen LogP) is 0.200. The average Bonchev–Trinajstić information content (AvgIpc) is 3.08. The third-order valence-corrected chi connectivity index (χ3v) is 4.11. The Morgan fingerprint density at radius 1 is 1.40 bits per heavy atom. The van der Waals surface area contributed by atoms with Crippen LogP contribution in [0.15, 0.2) is 4.99 Å². The van der Waals surface area contributed by atoms with E-state index in [2.05, 4.69) is 20.5 Å². The van der Waals surface area contributed by atoms with E-state index in [0.717, 1.165) is 58.1 Å². The Morgan fingerprint density at radius 2 is 2.25 bits per heavy atom. The van der Waals surface area contributed by atoms with Crippen LogP contribution >= 0.6 is 0 Å². The molecule has 0 bridgehead atoms. The number of aliphatic imine (C=N–C) groups is 1. The lowest BCUT2D eigenvalue weighted by molar-refractivity contribution is -0.120. The summed E-state index contributed by atoms with van der Waals surface area (Å²) in [6.45, 7) is 6.75. The molecule has 1 spiro atoms. The fourth-order valence-electron chi connectivity index (χ4n) is 2.91. The van der Waals surface area contributed by atoms with E-state index >= 15 is 0 Å². The van der Waals surface area contributed by atoms with Crippen LogP contribution in [0.1, 0.15) is 26.2 Å². The zero-order chi connectivity index (χ0) is 14.4. The number of likely N-dealkylation sites (tertiary alicyclic amines) is 1. The number of nitrogens with one attached hydrogen (secondary N) is 2. The van der Waals surface area contributed by atoms with Crippen LogP contribution in [0.4, 0.5) is 0 Å². The third kappa shape index (κ3) is 3.62. The number of rotatable bonds is 4. The Kier molecular flexibility index (Phi) is 5.23. The number of hydrogen-bond donors (Lipinski definition) is 2. The minimum absolute atomic E-state index is 0.0195. The average molecular weight is 282 g/mol. The number of carbonyl (C=O) groups excluding carboxylic acids is 1. The van der Waals surface area contributed by atoms with Crippen LogP contribution in [0.5, 0.6) is 0 Å². The minimum atomic E-state index is 0.0195. The Balaban J connectivity index is 1.79. The molecule has 0 aliphatic carbocycles. The van der Waals surface area contributed by atoms with Crippen LogP contribution in [0.2, 0.25) is 0 Å². The van der Waals surface area contributed by atoms with Crippen molar-refractivity contribution in [1.82, 2.24) is 15.5 Å². The Bertz CT molecular complexity index is 364. The first kappa shape index (κ1) is 15.1. The van der Waals surface area contributed by atoms with Crippen molar-refractivity contribution >= 4 is 11.9 Å². The number of nitrogens with zero attached hydrogens (tertiary/aromatic N) is 2. The van der Waals surface area contributed by atoms with Gasteiger partial charge >= 0.3 is 0 Å². The summed E-state index contributed by atoms with van der Waals surface area (Å²) in [5.74, 6) is 0.839. The maximum absolute atomic E-state index is 11.6. The Morgan fingerprint density at radius 3 is 2.90 bits per heavy atom. The van der Waals surface area contributed by atoms with E-state index in [4.69, 9.17) is 4.74 Å². The van der Waals surface area contributed by atoms with Crippen LogP contribution in [0.3, 0.4) is 0 Å². The molecule has 2 heterocycles. The van der Waals surface area contributed by atoms with Crippen molar-refractivity contribution in [3.63, 3.8) is 0 Å². The standard InChI is InChI=1S/C14H26N4O2/c1-3-6-16-12(19)9-17-13(15-2)18-7-4-14(10-18)5-8-20-11-14/h3-11H2,1-2H3,(H,15,17)(H,16,19). The molecule has 1 amide bonds. The van der Waals surface area contributed by atoms with Crippen molar-refractivity contribution in [2.24, 2.45) is 10.4 Å². The molecule has 2 rings (SSSR count). The second-order valence-corrected chi connectivity index (χ2v) is 5.72. The summed E-state index contributed by atoms with van der Waals surface area (Å²) in [6.07, 6.45) is 3.24. The topological polar surface area (TPSA) is 66.0 Å². The molecule has 2 N–H and O–H groups in total. The van der Waals surface area contributed by atoms with Gasteiger partial charge in [0.1, 0.15) is 0 Å². The fraction of sp³-hybridized carbons (Fsp3) is 0.857. The van der Waals surface area contributed by atoms with Gasteiger partial charge in [-0.15, -0.1) is 0 Å². The van der Waals surface area contributed by atoms with Crippen molar-refractivity contribution in [2.45, 2.75) is 26.2 Å². The summed E-state index contributed by atoms with van der Waals surface area (Å²) in [5, 5.41) is 6.01. The summed E-state index contributed by atoms with van der Waals surface area (Å²) < 4.78 is 5.54. The van der Waals surface area contributed by atoms with Gasteiger partial charge in [0.05, 0.1) is 13.2 Å². The van der Waals surface area contributed by atoms with Crippen molar-refractivity contribution in [2.75, 3.05) is 46.4 Å². The van der Waals surface area contributed by atoms with Crippen LogP contribution in [0, 0.1) is 5.41 Å². The van der Waals surface area contributed by atoms with Gasteiger partial charge in [0.15, 0.2) is 5.96 Å². The molecule has 1 unspecified atom stereocenters. The fourth-order valence-corrected chi connectivity index (χ4v) is 2.91. The van der Waals surface area contributed by atoms with Gasteiger partial charge in [-0.05, 0) is 19.3 Å². The summed E-state index contributed by atoms with van der Waals surface area (Å²) in [4.78, 5) is 18.1. The number of ether oxygens (including phenoxy) is 1. The van der Waals surface area contributed by atoms with Crippen molar-refractivity contribution in [3.8, 4) is 0 Å². The number of guanidine groups is 1. The van der Waals surface area contributed by atoms with Gasteiger partial charge in [-0.2, -0.15) is 0 Å². The van der Waals surface area contributed by atoms with Gasteiger partial charge in [-0.25, -0.2) is 0 Å². The number of amides is 1. The molecular weight excluding hydrogens is 256 g/mol. The zero-order valence-corrected chi connectivity index (χ0v) is 12.6. The summed E-state index contributed by atoms with van der Waals surface area (Å²) in [5.41, 5.74) is 0.308. The molecule has 2 aliphatic rings. The molecule has 0 aromatic heterocycles. The molecule has 0 aromatic carbocycles. The molecule has 0 aromatic rings. The number of carbonyl (C=O) groups is 1. The summed E-state index contributed by atoms with van der Waals surface area (Å²) >= 11 is 0. The van der Waals surface area contributed by atoms with Crippen LogP contribution in [0.25, 0.3) is 0 Å². The lowest BCUT2D eigenvalue weighted by Crippen LogP contribution is -2.45. The first-order valence-electron chi connectivity index (χ1n) is 7.49. The smallest absolute Gasteiger partial charge is 0.239 e. The number of hydrogen-bond acceptors (Lipinski definition) is 3. The molecule has 1 atom stereocenters. The second-order valence-electron chi connectivity index (χ2n) is 5.72. The molecule has 20 heavy (non-hydrogen) atoms. The highest BCUT2D eigenvalue weighted by molar-refractivity contribution is 5.86. The molecule has 2 saturated heterocycles. The Hall–Kier alpha value is -1.30. The minimum Gasteiger partial charge on any atom is -0.381 e. The normalized spacial score (nSPS) is 26.3. The van der Waals surface area contributed by atoms with Gasteiger partial charge in [0, 0.05) is 38.7 Å². The molecule has 2 fully saturated rings. The second kappa shape index (κ2) is 6.92. The van der Waals surface area contributed by atoms with E-state index in [1.807, 2.05) is 6.92 Å². The molecule has 6 heteroatoms. The molecule has 0 radical (unpaired) electrons. The van der Waals surface area contributed by atoms with Crippen molar-refractivity contribution in [3.05, 3.63) is 0 Å². The maximum atomic E-state index is 11.6. The van der Waals surface area contributed by atoms with E-state index in [-0.39, 0.29) is 12.5 Å². The maximum Gasteiger partial charge on any atom is 0.239 e. The summed E-state index contributed by atoms with van der Waals surface area (Å²) in [6, 6.07) is 0. The van der Waals surface area contributed by atoms with Gasteiger partial charge in [-0.3, -0.25) is 9.79 Å². The predicted molar refractivity (Wildman–Crippen MR) is 78.7 cm³/mol. The Labute approximate surface area is 121 Å². The van der Waals surface area contributed by atoms with Crippen molar-refractivity contribution < 1.29 is 9.53 Å². The van der Waals surface area contributed by atoms with E-state index in [9.17, 15) is 4.79 Å². The first-order chi connectivity index (χ1) is 9.69. The molecule has 6 nitrogen and oxygen atoms in total. The summed E-state index contributed by atoms with van der Waals surface area (Å²) in [7, 11) is 1.77. The van der Waals surface area contributed by atoms with E-state index in [1.165, 1.54) is 0 Å². The molecule has 0 saturated carbocycles. The largest absolute Gasteiger partial charge is 0.381 e. The van der Waals surface area contributed by atoms with Gasteiger partial charge in [-0.1, -0.05) is 6.92 Å². The van der Waals surface area contributed by atoms with Crippen LogP contribution in [-0.4, -0.2) is 63.2 Å². The van der Waals surface area contributed by atoms with E-state index in [0.29, 0.717) is 5.41 Å². The SMILES string of the molecule is CCCNC(=O)CNC(=NC)N1CCC2(CCOC2)C1. The lowest BCUT2D eigenvalue weighted by Gasteiger charge is -2.24. The van der Waals surface area contributed by atoms with Gasteiger partial charge in [0.25, 0.3) is 0 Å². The van der Waals surface area contributed by atoms with Gasteiger partial charge in [0.2, 0.25) is 5.91 Å². The third-order valence-electron chi connectivity index (χ3n) is 4.11. The van der Waals surface area contributed by atoms with Crippen LogP contribution < -0.4 is 10.6 Å². The van der Waals surface area contributed by atoms with E-state index < -0.39 is 0 Å². The first-order valence-corrected chi connectivity index (χ1v) is 7.49. The molecule has 2 aliphatic heterocycles. The van der Waals surface area contributed by atoms with Gasteiger partial charge < -0.3 is 20.3 Å². The quantitative estimate of drug-likeness (QED) is 0.571. The van der Waals surface area contributed by atoms with Crippen LogP contribution in [-0.2, 0) is 9.53 Å². The molecule has 114 valence electrons. The van der Waals surface area contributed by atoms with Crippen molar-refractivity contribution in [1.29, 1.82) is 0 Å². The highest BCUT2D eigenvalue weighted by Crippen LogP contribution is 2.37. The lowest BCUT2D eigenvalue weighted by atomic mass is 9.87. The highest BCUT2D eigenvalue weighted by Gasteiger charge is 2.42. The monoisotopic (exact) mass is 282 g/mol. The molecular formula is C14H26N4O2. The highest BCUT2D eigenvalue weighted by atomic mass is 16.5.